The number of hydrogen-bond acceptors (Lipinski definition) is 2. The van der Waals surface area contributed by atoms with Crippen LogP contribution in [0.2, 0.25) is 0 Å². The van der Waals surface area contributed by atoms with E-state index in [1.54, 1.807) is 0 Å². The van der Waals surface area contributed by atoms with Gasteiger partial charge in [-0.25, -0.2) is 9.86 Å². The van der Waals surface area contributed by atoms with Crippen molar-refractivity contribution in [1.29, 1.82) is 0 Å². The third-order valence-corrected chi connectivity index (χ3v) is 3.32. The van der Waals surface area contributed by atoms with Gasteiger partial charge >= 0.3 is 6.03 Å². The summed E-state index contributed by atoms with van der Waals surface area (Å²) in [5.41, 5.74) is 6.19. The van der Waals surface area contributed by atoms with E-state index in [1.165, 1.54) is 5.56 Å². The molecule has 0 spiro atoms. The smallest absolute Gasteiger partial charge is 0.338 e. The third-order valence-electron chi connectivity index (χ3n) is 3.32. The van der Waals surface area contributed by atoms with E-state index >= 15 is 0 Å². The minimum absolute atomic E-state index is 0.0505. The van der Waals surface area contributed by atoms with Crippen molar-refractivity contribution >= 4 is 6.03 Å². The maximum Gasteiger partial charge on any atom is 0.338 e. The Morgan fingerprint density at radius 1 is 1.56 bits per heavy atom. The minimum atomic E-state index is -0.792. The van der Waals surface area contributed by atoms with Crippen LogP contribution in [0.3, 0.4) is 0 Å². The van der Waals surface area contributed by atoms with Crippen LogP contribution in [0.1, 0.15) is 24.8 Å². The number of carbonyl (C=O) groups excluding carboxylic acids is 1. The number of carbonyl (C=O) groups is 1. The summed E-state index contributed by atoms with van der Waals surface area (Å²) in [6, 6.07) is 9.33. The molecule has 0 saturated heterocycles. The molecule has 1 aromatic carbocycles. The van der Waals surface area contributed by atoms with Crippen LogP contribution in [-0.4, -0.2) is 22.8 Å². The van der Waals surface area contributed by atoms with E-state index in [4.69, 9.17) is 5.73 Å². The number of nitrogens with zero attached hydrogens (tertiary/aromatic N) is 1. The Morgan fingerprint density at radius 3 is 2.75 bits per heavy atom. The molecule has 86 valence electrons. The zero-order valence-corrected chi connectivity index (χ0v) is 9.26. The number of amides is 2. The van der Waals surface area contributed by atoms with Crippen molar-refractivity contribution in [3.63, 3.8) is 0 Å². The molecule has 1 aliphatic rings. The maximum atomic E-state index is 10.7. The second kappa shape index (κ2) is 3.79. The molecule has 0 heterocycles. The number of benzene rings is 1. The Balaban J connectivity index is 2.02. The highest BCUT2D eigenvalue weighted by molar-refractivity contribution is 5.70. The third kappa shape index (κ3) is 2.02. The standard InChI is InChI=1S/C12H16N2O2/c1-12(8-14(16)11(13)15)7-10(12)9-5-3-2-4-6-9/h2-6,10,16H,7-8H2,1H3,(H2,13,15)/t10-,12-/m0/s1. The average Bonchev–Trinajstić information content (AvgIpc) is 2.91. The zero-order valence-electron chi connectivity index (χ0n) is 9.26. The molecule has 1 aliphatic carbocycles. The Bertz CT molecular complexity index is 393. The second-order valence-corrected chi connectivity index (χ2v) is 4.72. The monoisotopic (exact) mass is 220 g/mol. The van der Waals surface area contributed by atoms with Crippen molar-refractivity contribution in [2.75, 3.05) is 6.54 Å². The van der Waals surface area contributed by atoms with Gasteiger partial charge in [-0.2, -0.15) is 0 Å². The van der Waals surface area contributed by atoms with Crippen LogP contribution in [0.4, 0.5) is 4.79 Å². The normalized spacial score (nSPS) is 27.5. The summed E-state index contributed by atoms with van der Waals surface area (Å²) in [4.78, 5) is 10.7. The summed E-state index contributed by atoms with van der Waals surface area (Å²) in [5, 5.41) is 9.93. The summed E-state index contributed by atoms with van der Waals surface area (Å²) < 4.78 is 0. The highest BCUT2D eigenvalue weighted by Gasteiger charge is 2.51. The number of rotatable bonds is 3. The molecule has 1 saturated carbocycles. The molecule has 1 aromatic rings. The lowest BCUT2D eigenvalue weighted by molar-refractivity contribution is -0.0527. The van der Waals surface area contributed by atoms with Crippen molar-refractivity contribution in [2.45, 2.75) is 19.3 Å². The summed E-state index contributed by atoms with van der Waals surface area (Å²) in [6.45, 7) is 2.35. The van der Waals surface area contributed by atoms with Crippen molar-refractivity contribution in [1.82, 2.24) is 5.06 Å². The number of primary amides is 1. The van der Waals surface area contributed by atoms with Gasteiger partial charge in [-0.3, -0.25) is 5.21 Å². The molecule has 16 heavy (non-hydrogen) atoms. The summed E-state index contributed by atoms with van der Waals surface area (Å²) >= 11 is 0. The van der Waals surface area contributed by atoms with Crippen LogP contribution in [0.5, 0.6) is 0 Å². The Morgan fingerprint density at radius 2 is 2.19 bits per heavy atom. The molecule has 0 aromatic heterocycles. The molecule has 4 heteroatoms. The van der Waals surface area contributed by atoms with Gasteiger partial charge < -0.3 is 5.73 Å². The maximum absolute atomic E-state index is 10.7. The highest BCUT2D eigenvalue weighted by atomic mass is 16.5. The van der Waals surface area contributed by atoms with Gasteiger partial charge in [0.2, 0.25) is 0 Å². The minimum Gasteiger partial charge on any atom is -0.350 e. The second-order valence-electron chi connectivity index (χ2n) is 4.72. The largest absolute Gasteiger partial charge is 0.350 e. The molecular weight excluding hydrogens is 204 g/mol. The molecule has 1 fully saturated rings. The fraction of sp³-hybridized carbons (Fsp3) is 0.417. The van der Waals surface area contributed by atoms with Gasteiger partial charge in [-0.05, 0) is 23.3 Å². The molecule has 0 radical (unpaired) electrons. The summed E-state index contributed by atoms with van der Waals surface area (Å²) in [5.74, 6) is 0.405. The topological polar surface area (TPSA) is 66.6 Å². The number of hydroxylamine groups is 2. The first-order chi connectivity index (χ1) is 7.53. The lowest BCUT2D eigenvalue weighted by Gasteiger charge is -2.18. The molecule has 2 rings (SSSR count). The van der Waals surface area contributed by atoms with Crippen LogP contribution in [0.25, 0.3) is 0 Å². The van der Waals surface area contributed by atoms with E-state index < -0.39 is 6.03 Å². The quantitative estimate of drug-likeness (QED) is 0.604. The van der Waals surface area contributed by atoms with Gasteiger partial charge in [0.05, 0.1) is 6.54 Å². The van der Waals surface area contributed by atoms with Gasteiger partial charge in [0.25, 0.3) is 0 Å². The van der Waals surface area contributed by atoms with E-state index in [-0.39, 0.29) is 5.41 Å². The van der Waals surface area contributed by atoms with Crippen molar-refractivity contribution in [3.8, 4) is 0 Å². The van der Waals surface area contributed by atoms with Crippen molar-refractivity contribution in [2.24, 2.45) is 11.1 Å². The number of nitrogens with two attached hydrogens (primary N) is 1. The molecule has 0 aliphatic heterocycles. The predicted octanol–water partition coefficient (Wildman–Crippen LogP) is 1.95. The Kier molecular flexibility index (Phi) is 2.59. The fourth-order valence-corrected chi connectivity index (χ4v) is 2.21. The molecular formula is C12H16N2O2. The van der Waals surface area contributed by atoms with E-state index in [0.717, 1.165) is 6.42 Å². The Labute approximate surface area is 94.6 Å². The van der Waals surface area contributed by atoms with Gasteiger partial charge in [0.1, 0.15) is 0 Å². The van der Waals surface area contributed by atoms with Crippen LogP contribution >= 0.6 is 0 Å². The first-order valence-electron chi connectivity index (χ1n) is 5.34. The molecule has 2 atom stereocenters. The average molecular weight is 220 g/mol. The number of urea groups is 1. The lowest BCUT2D eigenvalue weighted by Crippen LogP contribution is -2.36. The predicted molar refractivity (Wildman–Crippen MR) is 60.0 cm³/mol. The van der Waals surface area contributed by atoms with Crippen LogP contribution in [-0.2, 0) is 0 Å². The van der Waals surface area contributed by atoms with Crippen LogP contribution in [0, 0.1) is 5.41 Å². The molecule has 3 N–H and O–H groups in total. The lowest BCUT2D eigenvalue weighted by atomic mass is 10.0. The summed E-state index contributed by atoms with van der Waals surface area (Å²) in [6.07, 6.45) is 0.974. The first-order valence-corrected chi connectivity index (χ1v) is 5.34. The summed E-state index contributed by atoms with van der Waals surface area (Å²) in [7, 11) is 0. The first kappa shape index (κ1) is 11.0. The van der Waals surface area contributed by atoms with Gasteiger partial charge in [-0.1, -0.05) is 37.3 Å². The van der Waals surface area contributed by atoms with E-state index in [0.29, 0.717) is 17.5 Å². The van der Waals surface area contributed by atoms with Gasteiger partial charge in [-0.15, -0.1) is 0 Å². The SMILES string of the molecule is C[C@@]1(CN(O)C(N)=O)C[C@H]1c1ccccc1. The molecule has 4 nitrogen and oxygen atoms in total. The van der Waals surface area contributed by atoms with E-state index in [9.17, 15) is 10.0 Å². The molecule has 0 unspecified atom stereocenters. The fourth-order valence-electron chi connectivity index (χ4n) is 2.21. The Hall–Kier alpha value is -1.55. The highest BCUT2D eigenvalue weighted by Crippen LogP contribution is 2.59. The molecule has 0 bridgehead atoms. The van der Waals surface area contributed by atoms with Gasteiger partial charge in [0, 0.05) is 0 Å². The van der Waals surface area contributed by atoms with E-state index in [2.05, 4.69) is 19.1 Å². The zero-order chi connectivity index (χ0) is 11.8. The van der Waals surface area contributed by atoms with Gasteiger partial charge in [0.15, 0.2) is 0 Å². The van der Waals surface area contributed by atoms with Crippen molar-refractivity contribution < 1.29 is 10.0 Å². The van der Waals surface area contributed by atoms with E-state index in [1.807, 2.05) is 18.2 Å². The van der Waals surface area contributed by atoms with Crippen molar-refractivity contribution in [3.05, 3.63) is 35.9 Å². The number of hydrogen-bond donors (Lipinski definition) is 2. The molecule has 2 amide bonds. The van der Waals surface area contributed by atoms with Crippen LogP contribution in [0.15, 0.2) is 30.3 Å². The van der Waals surface area contributed by atoms with Crippen LogP contribution < -0.4 is 5.73 Å².